The van der Waals surface area contributed by atoms with Gasteiger partial charge in [-0.2, -0.15) is 12.6 Å². The van der Waals surface area contributed by atoms with Crippen molar-refractivity contribution in [2.24, 2.45) is 0 Å². The molecule has 0 amide bonds. The van der Waals surface area contributed by atoms with E-state index in [2.05, 4.69) is 12.6 Å². The first-order valence-electron chi connectivity index (χ1n) is 3.39. The minimum Gasteiger partial charge on any atom is -0.324 e. The molecule has 1 atom stereocenters. The predicted octanol–water partition coefficient (Wildman–Crippen LogP) is 1.92. The van der Waals surface area contributed by atoms with Gasteiger partial charge in [0.1, 0.15) is 0 Å². The van der Waals surface area contributed by atoms with E-state index in [1.165, 1.54) is 0 Å². The van der Waals surface area contributed by atoms with E-state index < -0.39 is 12.8 Å². The van der Waals surface area contributed by atoms with Gasteiger partial charge in [0.25, 0.3) is 0 Å². The summed E-state index contributed by atoms with van der Waals surface area (Å²) in [5.74, 6) is 0.459. The molecule has 1 unspecified atom stereocenters. The summed E-state index contributed by atoms with van der Waals surface area (Å²) in [6, 6.07) is 0. The van der Waals surface area contributed by atoms with E-state index in [4.69, 9.17) is 4.52 Å². The summed E-state index contributed by atoms with van der Waals surface area (Å²) in [5.41, 5.74) is 0. The second kappa shape index (κ2) is 3.94. The lowest BCUT2D eigenvalue weighted by Gasteiger charge is -2.24. The fraction of sp³-hybridized carbons (Fsp3) is 1.00. The van der Waals surface area contributed by atoms with Crippen molar-refractivity contribution in [3.63, 3.8) is 0 Å². The molecule has 0 rings (SSSR count). The Morgan fingerprint density at radius 1 is 1.55 bits per heavy atom. The Kier molecular flexibility index (Phi) is 4.12. The minimum absolute atomic E-state index is 0.216. The fourth-order valence-corrected chi connectivity index (χ4v) is 1.32. The van der Waals surface area contributed by atoms with Crippen LogP contribution in [-0.2, 0) is 9.09 Å². The van der Waals surface area contributed by atoms with Crippen LogP contribution in [0.2, 0.25) is 0 Å². The van der Waals surface area contributed by atoms with Crippen LogP contribution in [0, 0.1) is 0 Å². The zero-order chi connectivity index (χ0) is 9.12. The molecule has 0 aromatic carbocycles. The second-order valence-corrected chi connectivity index (χ2v) is 6.34. The lowest BCUT2D eigenvalue weighted by atomic mass is 10.3. The molecule has 0 saturated carbocycles. The Morgan fingerprint density at radius 3 is 2.27 bits per heavy atom. The van der Waals surface area contributed by atoms with Crippen LogP contribution in [0.3, 0.4) is 0 Å². The third kappa shape index (κ3) is 3.61. The average Bonchev–Trinajstić information content (AvgIpc) is 1.81. The van der Waals surface area contributed by atoms with E-state index in [0.717, 1.165) is 0 Å². The Bertz CT molecular complexity index is 164. The van der Waals surface area contributed by atoms with Crippen LogP contribution in [0.25, 0.3) is 0 Å². The van der Waals surface area contributed by atoms with Gasteiger partial charge in [0.2, 0.25) is 0 Å². The minimum atomic E-state index is -3.44. The highest BCUT2D eigenvalue weighted by Crippen LogP contribution is 2.54. The largest absolute Gasteiger partial charge is 0.333 e. The molecule has 68 valence electrons. The highest BCUT2D eigenvalue weighted by atomic mass is 32.1. The zero-order valence-electron chi connectivity index (χ0n) is 7.07. The number of thiol groups is 1. The molecule has 0 radical (unpaired) electrons. The highest BCUT2D eigenvalue weighted by Gasteiger charge is 2.35. The summed E-state index contributed by atoms with van der Waals surface area (Å²) in [4.78, 5) is 9.28. The lowest BCUT2D eigenvalue weighted by Crippen LogP contribution is -2.16. The van der Waals surface area contributed by atoms with E-state index in [-0.39, 0.29) is 6.61 Å². The van der Waals surface area contributed by atoms with Crippen LogP contribution in [0.1, 0.15) is 20.8 Å². The fourth-order valence-electron chi connectivity index (χ4n) is 0.358. The van der Waals surface area contributed by atoms with Crippen LogP contribution in [0.15, 0.2) is 0 Å². The summed E-state index contributed by atoms with van der Waals surface area (Å²) in [7, 11) is -3.44. The maximum atomic E-state index is 11.3. The monoisotopic (exact) mass is 198 g/mol. The van der Waals surface area contributed by atoms with Crippen molar-refractivity contribution in [3.05, 3.63) is 0 Å². The third-order valence-electron chi connectivity index (χ3n) is 1.21. The van der Waals surface area contributed by atoms with Crippen molar-refractivity contribution in [3.8, 4) is 0 Å². The predicted molar refractivity (Wildman–Crippen MR) is 49.4 cm³/mol. The van der Waals surface area contributed by atoms with Crippen molar-refractivity contribution < 1.29 is 14.0 Å². The van der Waals surface area contributed by atoms with Gasteiger partial charge in [-0.3, -0.25) is 4.57 Å². The highest BCUT2D eigenvalue weighted by molar-refractivity contribution is 7.80. The average molecular weight is 198 g/mol. The molecular formula is C6H15O3PS. The number of hydrogen-bond donors (Lipinski definition) is 2. The molecule has 1 N–H and O–H groups in total. The molecule has 0 aromatic heterocycles. The van der Waals surface area contributed by atoms with E-state index in [0.29, 0.717) is 5.75 Å². The molecule has 0 aromatic rings. The molecule has 3 nitrogen and oxygen atoms in total. The van der Waals surface area contributed by atoms with Gasteiger partial charge in [-0.05, 0) is 20.8 Å². The van der Waals surface area contributed by atoms with Gasteiger partial charge in [0, 0.05) is 5.75 Å². The molecule has 0 saturated heterocycles. The normalized spacial score (nSPS) is 17.9. The molecule has 5 heteroatoms. The van der Waals surface area contributed by atoms with Crippen molar-refractivity contribution in [2.45, 2.75) is 25.9 Å². The summed E-state index contributed by atoms with van der Waals surface area (Å²) in [6.45, 7) is 5.24. The van der Waals surface area contributed by atoms with Crippen LogP contribution in [0.5, 0.6) is 0 Å². The smallest absolute Gasteiger partial charge is 0.324 e. The Balaban J connectivity index is 4.12. The van der Waals surface area contributed by atoms with Crippen LogP contribution in [0.4, 0.5) is 0 Å². The van der Waals surface area contributed by atoms with E-state index in [1.807, 2.05) is 0 Å². The van der Waals surface area contributed by atoms with Gasteiger partial charge in [-0.25, -0.2) is 0 Å². The molecular weight excluding hydrogens is 183 g/mol. The number of hydrogen-bond acceptors (Lipinski definition) is 3. The standard InChI is InChI=1S/C6H15O3PS/c1-6(2,3)10(7,8)9-4-5-11/h11H,4-5H2,1-3H3,(H,7,8). The van der Waals surface area contributed by atoms with Crippen molar-refractivity contribution in [1.29, 1.82) is 0 Å². The van der Waals surface area contributed by atoms with Gasteiger partial charge in [0.15, 0.2) is 0 Å². The topological polar surface area (TPSA) is 46.5 Å². The second-order valence-electron chi connectivity index (χ2n) is 3.25. The van der Waals surface area contributed by atoms with E-state index >= 15 is 0 Å². The molecule has 0 spiro atoms. The molecule has 0 aliphatic carbocycles. The molecule has 0 heterocycles. The quantitative estimate of drug-likeness (QED) is 0.538. The molecule has 0 fully saturated rings. The molecule has 0 bridgehead atoms. The Hall–Kier alpha value is 0.500. The summed E-state index contributed by atoms with van der Waals surface area (Å²) in [5, 5.41) is -0.698. The summed E-state index contributed by atoms with van der Waals surface area (Å²) < 4.78 is 16.1. The van der Waals surface area contributed by atoms with Crippen LogP contribution in [-0.4, -0.2) is 22.4 Å². The Morgan fingerprint density at radius 2 is 2.00 bits per heavy atom. The summed E-state index contributed by atoms with van der Waals surface area (Å²) in [6.07, 6.45) is 0. The maximum Gasteiger partial charge on any atom is 0.333 e. The van der Waals surface area contributed by atoms with Crippen LogP contribution >= 0.6 is 20.2 Å². The zero-order valence-corrected chi connectivity index (χ0v) is 8.86. The third-order valence-corrected chi connectivity index (χ3v) is 3.62. The van der Waals surface area contributed by atoms with Gasteiger partial charge in [-0.1, -0.05) is 0 Å². The van der Waals surface area contributed by atoms with Crippen molar-refractivity contribution in [2.75, 3.05) is 12.4 Å². The molecule has 11 heavy (non-hydrogen) atoms. The van der Waals surface area contributed by atoms with Crippen LogP contribution < -0.4 is 0 Å². The van der Waals surface area contributed by atoms with Gasteiger partial charge < -0.3 is 9.42 Å². The first-order valence-corrected chi connectivity index (χ1v) is 5.60. The lowest BCUT2D eigenvalue weighted by molar-refractivity contribution is 0.256. The van der Waals surface area contributed by atoms with E-state index in [9.17, 15) is 9.46 Å². The maximum absolute atomic E-state index is 11.3. The number of rotatable bonds is 3. The van der Waals surface area contributed by atoms with Crippen molar-refractivity contribution in [1.82, 2.24) is 0 Å². The SMILES string of the molecule is CC(C)(C)P(=O)(O)OCCS. The van der Waals surface area contributed by atoms with Gasteiger partial charge in [0.05, 0.1) is 11.8 Å². The van der Waals surface area contributed by atoms with Crippen molar-refractivity contribution >= 4 is 20.2 Å². The molecule has 0 aliphatic heterocycles. The first-order chi connectivity index (χ1) is 4.81. The Labute approximate surface area is 73.1 Å². The first kappa shape index (κ1) is 11.5. The summed E-state index contributed by atoms with van der Waals surface area (Å²) >= 11 is 3.87. The molecule has 0 aliphatic rings. The van der Waals surface area contributed by atoms with Gasteiger partial charge in [-0.15, -0.1) is 0 Å². The van der Waals surface area contributed by atoms with Gasteiger partial charge >= 0.3 is 7.60 Å². The van der Waals surface area contributed by atoms with E-state index in [1.54, 1.807) is 20.8 Å².